The summed E-state index contributed by atoms with van der Waals surface area (Å²) in [6.07, 6.45) is -3.24. The molecule has 1 fully saturated rings. The van der Waals surface area contributed by atoms with Gasteiger partial charge in [-0.15, -0.1) is 0 Å². The SMILES string of the molecule is CCN(CC)C(=O)Nc1ncnn2c([C@]3(C#N)O[C@H](COC(=O)Cc4ccccc4)[C@@H](OC(=O)[C@@H](N)C(C)C)[C@H]3O)ccc12. The van der Waals surface area contributed by atoms with Crippen molar-refractivity contribution >= 4 is 29.3 Å². The van der Waals surface area contributed by atoms with Gasteiger partial charge in [0, 0.05) is 13.1 Å². The Bertz CT molecular complexity index is 1520. The van der Waals surface area contributed by atoms with Gasteiger partial charge in [0.15, 0.2) is 11.9 Å². The molecule has 0 radical (unpaired) electrons. The van der Waals surface area contributed by atoms with E-state index in [-0.39, 0.29) is 29.9 Å². The molecule has 4 N–H and O–H groups in total. The fourth-order valence-corrected chi connectivity index (χ4v) is 4.92. The van der Waals surface area contributed by atoms with E-state index in [4.69, 9.17) is 19.9 Å². The number of amides is 2. The van der Waals surface area contributed by atoms with Gasteiger partial charge >= 0.3 is 18.0 Å². The third kappa shape index (κ3) is 6.49. The summed E-state index contributed by atoms with van der Waals surface area (Å²) in [6, 6.07) is 12.6. The number of esters is 2. The number of hydrogen-bond acceptors (Lipinski definition) is 11. The Morgan fingerprint density at radius 3 is 2.55 bits per heavy atom. The molecule has 3 heterocycles. The number of carbonyl (C=O) groups excluding carboxylic acids is 3. The summed E-state index contributed by atoms with van der Waals surface area (Å²) in [7, 11) is 0. The zero-order valence-corrected chi connectivity index (χ0v) is 25.0. The zero-order valence-electron chi connectivity index (χ0n) is 25.0. The Hall–Kier alpha value is -4.58. The van der Waals surface area contributed by atoms with E-state index in [1.165, 1.54) is 16.9 Å². The lowest BCUT2D eigenvalue weighted by Crippen LogP contribution is -2.46. The summed E-state index contributed by atoms with van der Waals surface area (Å²) in [5.74, 6) is -1.50. The van der Waals surface area contributed by atoms with Crippen LogP contribution in [0.1, 0.15) is 39.0 Å². The van der Waals surface area contributed by atoms with Crippen LogP contribution in [0.25, 0.3) is 5.52 Å². The predicted molar refractivity (Wildman–Crippen MR) is 157 cm³/mol. The normalized spacial score (nSPS) is 21.9. The first-order chi connectivity index (χ1) is 21.1. The second kappa shape index (κ2) is 13.8. The van der Waals surface area contributed by atoms with E-state index in [1.54, 1.807) is 49.1 Å². The topological polar surface area (TPSA) is 194 Å². The number of nitrogens with zero attached hydrogens (tertiary/aromatic N) is 5. The number of aliphatic hydroxyl groups excluding tert-OH is 1. The van der Waals surface area contributed by atoms with E-state index in [0.717, 1.165) is 5.56 Å². The molecule has 3 aromatic rings. The van der Waals surface area contributed by atoms with Crippen molar-refractivity contribution in [2.24, 2.45) is 11.7 Å². The Kier molecular flexibility index (Phi) is 10.1. The molecule has 1 saturated heterocycles. The van der Waals surface area contributed by atoms with Crippen molar-refractivity contribution in [1.29, 1.82) is 5.26 Å². The molecule has 0 spiro atoms. The second-order valence-corrected chi connectivity index (χ2v) is 10.7. The van der Waals surface area contributed by atoms with Crippen molar-refractivity contribution < 1.29 is 33.7 Å². The minimum absolute atomic E-state index is 0.0234. The van der Waals surface area contributed by atoms with Crippen LogP contribution in [0.15, 0.2) is 48.8 Å². The summed E-state index contributed by atoms with van der Waals surface area (Å²) in [6.45, 7) is 7.69. The van der Waals surface area contributed by atoms with Gasteiger partial charge in [-0.05, 0) is 37.5 Å². The molecule has 0 unspecified atom stereocenters. The molecule has 4 rings (SSSR count). The molecular weight excluding hydrogens is 570 g/mol. The van der Waals surface area contributed by atoms with E-state index in [2.05, 4.69) is 15.4 Å². The van der Waals surface area contributed by atoms with E-state index in [0.29, 0.717) is 18.6 Å². The van der Waals surface area contributed by atoms with Gasteiger partial charge in [-0.1, -0.05) is 44.2 Å². The molecule has 14 nitrogen and oxygen atoms in total. The number of aliphatic hydroxyl groups is 1. The van der Waals surface area contributed by atoms with Crippen molar-refractivity contribution in [3.63, 3.8) is 0 Å². The van der Waals surface area contributed by atoms with Crippen LogP contribution in [0.5, 0.6) is 0 Å². The van der Waals surface area contributed by atoms with E-state index in [9.17, 15) is 24.8 Å². The first kappa shape index (κ1) is 32.3. The number of rotatable bonds is 11. The number of nitrogens with two attached hydrogens (primary N) is 1. The molecule has 44 heavy (non-hydrogen) atoms. The summed E-state index contributed by atoms with van der Waals surface area (Å²) in [5, 5.41) is 29.0. The van der Waals surface area contributed by atoms with Gasteiger partial charge in [0.25, 0.3) is 0 Å². The number of urea groups is 1. The lowest BCUT2D eigenvalue weighted by Gasteiger charge is -2.25. The monoisotopic (exact) mass is 607 g/mol. The van der Waals surface area contributed by atoms with Crippen LogP contribution in [-0.2, 0) is 35.8 Å². The second-order valence-electron chi connectivity index (χ2n) is 10.7. The number of fused-ring (bicyclic) bond motifs is 1. The minimum Gasteiger partial charge on any atom is -0.463 e. The molecule has 14 heteroatoms. The highest BCUT2D eigenvalue weighted by molar-refractivity contribution is 5.92. The van der Waals surface area contributed by atoms with E-state index in [1.807, 2.05) is 26.0 Å². The number of benzene rings is 1. The molecule has 0 saturated carbocycles. The quantitative estimate of drug-likeness (QED) is 0.269. The molecule has 2 aromatic heterocycles. The highest BCUT2D eigenvalue weighted by Crippen LogP contribution is 2.42. The standard InChI is InChI=1S/C30H37N7O7/c1-5-36(6-2)29(41)35-27-20-12-13-22(37(20)34-17-33-27)30(16-31)26(39)25(43-28(40)24(32)18(3)4)21(44-30)15-42-23(38)14-19-10-8-7-9-11-19/h7-13,17-18,21,24-26,39H,5-6,14-15,32H2,1-4H3,(H,33,34,35,41)/t21-,24+,25-,26-,30+/m1/s1. The molecule has 234 valence electrons. The Morgan fingerprint density at radius 1 is 1.20 bits per heavy atom. The first-order valence-electron chi connectivity index (χ1n) is 14.4. The molecule has 0 aliphatic carbocycles. The molecule has 1 aromatic carbocycles. The molecule has 1 aliphatic rings. The number of carbonyl (C=O) groups is 3. The highest BCUT2D eigenvalue weighted by atomic mass is 16.6. The fraction of sp³-hybridized carbons (Fsp3) is 0.467. The summed E-state index contributed by atoms with van der Waals surface area (Å²) in [5.41, 5.74) is 5.00. The Morgan fingerprint density at radius 2 is 1.91 bits per heavy atom. The first-order valence-corrected chi connectivity index (χ1v) is 14.4. The van der Waals surface area contributed by atoms with Gasteiger partial charge in [0.2, 0.25) is 5.60 Å². The number of nitrogens with one attached hydrogen (secondary N) is 1. The van der Waals surface area contributed by atoms with Crippen LogP contribution >= 0.6 is 0 Å². The van der Waals surface area contributed by atoms with Gasteiger partial charge in [-0.2, -0.15) is 10.4 Å². The maximum atomic E-state index is 12.9. The number of anilines is 1. The highest BCUT2D eigenvalue weighted by Gasteiger charge is 2.60. The zero-order chi connectivity index (χ0) is 32.0. The molecular formula is C30H37N7O7. The molecule has 5 atom stereocenters. The average molecular weight is 608 g/mol. The van der Waals surface area contributed by atoms with Gasteiger partial charge in [0.05, 0.1) is 12.1 Å². The summed E-state index contributed by atoms with van der Waals surface area (Å²) < 4.78 is 18.5. The van der Waals surface area contributed by atoms with Gasteiger partial charge in [0.1, 0.15) is 42.8 Å². The van der Waals surface area contributed by atoms with Crippen LogP contribution in [0.4, 0.5) is 10.6 Å². The lowest BCUT2D eigenvalue weighted by atomic mass is 9.92. The maximum Gasteiger partial charge on any atom is 0.323 e. The van der Waals surface area contributed by atoms with Crippen molar-refractivity contribution in [3.05, 3.63) is 60.0 Å². The number of nitriles is 1. The van der Waals surface area contributed by atoms with Gasteiger partial charge in [-0.3, -0.25) is 14.9 Å². The number of hydrogen-bond donors (Lipinski definition) is 3. The average Bonchev–Trinajstić information content (AvgIpc) is 3.57. The third-order valence-electron chi connectivity index (χ3n) is 7.55. The van der Waals surface area contributed by atoms with Gasteiger partial charge in [-0.25, -0.2) is 14.3 Å². The van der Waals surface area contributed by atoms with Crippen LogP contribution in [0, 0.1) is 17.2 Å². The van der Waals surface area contributed by atoms with Crippen LogP contribution in [0.2, 0.25) is 0 Å². The van der Waals surface area contributed by atoms with Crippen molar-refractivity contribution in [3.8, 4) is 6.07 Å². The Labute approximate surface area is 254 Å². The van der Waals surface area contributed by atoms with Gasteiger partial charge < -0.3 is 30.0 Å². The lowest BCUT2D eigenvalue weighted by molar-refractivity contribution is -0.162. The van der Waals surface area contributed by atoms with E-state index >= 15 is 0 Å². The summed E-state index contributed by atoms with van der Waals surface area (Å²) >= 11 is 0. The van der Waals surface area contributed by atoms with Crippen LogP contribution in [0.3, 0.4) is 0 Å². The number of ether oxygens (including phenoxy) is 3. The van der Waals surface area contributed by atoms with Crippen LogP contribution in [-0.4, -0.2) is 86.6 Å². The summed E-state index contributed by atoms with van der Waals surface area (Å²) in [4.78, 5) is 44.0. The Balaban J connectivity index is 1.66. The minimum atomic E-state index is -2.12. The molecule has 0 bridgehead atoms. The van der Waals surface area contributed by atoms with Crippen LogP contribution < -0.4 is 11.1 Å². The van der Waals surface area contributed by atoms with Crippen molar-refractivity contribution in [2.75, 3.05) is 25.0 Å². The molecule has 1 aliphatic heterocycles. The smallest absolute Gasteiger partial charge is 0.323 e. The van der Waals surface area contributed by atoms with E-state index < -0.39 is 48.5 Å². The molecule has 2 amide bonds. The largest absolute Gasteiger partial charge is 0.463 e. The van der Waals surface area contributed by atoms with Crippen molar-refractivity contribution in [2.45, 2.75) is 64.1 Å². The third-order valence-corrected chi connectivity index (χ3v) is 7.55. The fourth-order valence-electron chi connectivity index (χ4n) is 4.92. The predicted octanol–water partition coefficient (Wildman–Crippen LogP) is 1.76. The maximum absolute atomic E-state index is 12.9. The number of aromatic nitrogens is 3. The van der Waals surface area contributed by atoms with Crippen molar-refractivity contribution in [1.82, 2.24) is 19.5 Å².